The van der Waals surface area contributed by atoms with E-state index in [4.69, 9.17) is 17.3 Å². The number of hydrogen-bond donors (Lipinski definition) is 1. The van der Waals surface area contributed by atoms with E-state index in [1.54, 1.807) is 32.0 Å². The van der Waals surface area contributed by atoms with Crippen molar-refractivity contribution >= 4 is 31.5 Å². The Hall–Kier alpha value is -1.19. The van der Waals surface area contributed by atoms with Gasteiger partial charge in [0.25, 0.3) is 0 Å². The quantitative estimate of drug-likeness (QED) is 0.540. The van der Waals surface area contributed by atoms with Crippen LogP contribution < -0.4 is 5.73 Å². The molecule has 0 saturated heterocycles. The summed E-state index contributed by atoms with van der Waals surface area (Å²) in [5.74, 6) is 0. The van der Waals surface area contributed by atoms with Crippen molar-refractivity contribution in [2.75, 3.05) is 13.6 Å². The van der Waals surface area contributed by atoms with E-state index in [9.17, 15) is 16.8 Å². The van der Waals surface area contributed by atoms with Gasteiger partial charge in [0, 0.05) is 24.2 Å². The third kappa shape index (κ3) is 8.51. The fourth-order valence-electron chi connectivity index (χ4n) is 2.47. The Morgan fingerprint density at radius 1 is 1.17 bits per heavy atom. The largest absolute Gasteiger partial charge is 0.325 e. The van der Waals surface area contributed by atoms with Gasteiger partial charge in [-0.05, 0) is 45.2 Å². The van der Waals surface area contributed by atoms with Crippen LogP contribution in [-0.4, -0.2) is 45.5 Å². The number of rotatable bonds is 10. The summed E-state index contributed by atoms with van der Waals surface area (Å²) < 4.78 is 52.6. The average Bonchev–Trinajstić information content (AvgIpc) is 2.66. The zero-order chi connectivity index (χ0) is 23.8. The van der Waals surface area contributed by atoms with Crippen LogP contribution in [0.5, 0.6) is 0 Å². The van der Waals surface area contributed by atoms with Crippen molar-refractivity contribution in [3.63, 3.8) is 0 Å². The molecule has 0 heterocycles. The molecule has 1 aromatic carbocycles. The second-order valence-electron chi connectivity index (χ2n) is 7.48. The Kier molecular flexibility index (Phi) is 11.5. The molecule has 2 N–H and O–H groups in total. The maximum atomic E-state index is 12.9. The highest BCUT2D eigenvalue weighted by molar-refractivity contribution is 7.97. The van der Waals surface area contributed by atoms with Gasteiger partial charge in [-0.25, -0.2) is 21.1 Å². The lowest BCUT2D eigenvalue weighted by Crippen LogP contribution is -2.41. The molecular formula is C21H35ClN2O4S2. The van der Waals surface area contributed by atoms with Crippen LogP contribution in [0.25, 0.3) is 0 Å². The SMILES string of the molecule is C=C(C(CC)S(=O)(=O)c1ccccc1)S(=O)(=O)N(C)CCC(C)(N)CC.C=C(C)Cl. The van der Waals surface area contributed by atoms with Crippen molar-refractivity contribution in [1.82, 2.24) is 4.31 Å². The number of hydrogen-bond acceptors (Lipinski definition) is 5. The molecule has 0 spiro atoms. The number of allylic oxidation sites excluding steroid dienone is 1. The number of sulfone groups is 1. The predicted molar refractivity (Wildman–Crippen MR) is 127 cm³/mol. The highest BCUT2D eigenvalue weighted by Gasteiger charge is 2.36. The lowest BCUT2D eigenvalue weighted by molar-refractivity contribution is 0.364. The van der Waals surface area contributed by atoms with Crippen LogP contribution in [0.4, 0.5) is 0 Å². The minimum atomic E-state index is -3.97. The Balaban J connectivity index is 0.00000192. The number of benzene rings is 1. The predicted octanol–water partition coefficient (Wildman–Crippen LogP) is 4.29. The highest BCUT2D eigenvalue weighted by atomic mass is 35.5. The molecule has 0 aliphatic rings. The van der Waals surface area contributed by atoms with Crippen molar-refractivity contribution in [2.45, 2.75) is 62.6 Å². The number of halogens is 1. The highest BCUT2D eigenvalue weighted by Crippen LogP contribution is 2.28. The fourth-order valence-corrected chi connectivity index (χ4v) is 6.10. The van der Waals surface area contributed by atoms with E-state index in [-0.39, 0.29) is 22.8 Å². The van der Waals surface area contributed by atoms with Gasteiger partial charge >= 0.3 is 0 Å². The van der Waals surface area contributed by atoms with E-state index in [2.05, 4.69) is 13.2 Å². The standard InChI is InChI=1S/C18H30N2O4S2.C3H5Cl/c1-6-17(25(21,22)16-11-9-8-10-12-16)15(3)26(23,24)20(5)14-13-18(4,19)7-2;1-3(2)4/h8-12,17H,3,6-7,13-14,19H2,1-2,4-5H3;1H2,2H3. The molecule has 2 unspecified atom stereocenters. The molecule has 1 aromatic rings. The van der Waals surface area contributed by atoms with Gasteiger partial charge in [-0.3, -0.25) is 0 Å². The molecule has 6 nitrogen and oxygen atoms in total. The Morgan fingerprint density at radius 3 is 2.03 bits per heavy atom. The molecule has 0 aliphatic heterocycles. The van der Waals surface area contributed by atoms with Gasteiger partial charge in [-0.1, -0.05) is 56.8 Å². The van der Waals surface area contributed by atoms with Crippen molar-refractivity contribution < 1.29 is 16.8 Å². The van der Waals surface area contributed by atoms with E-state index in [0.717, 1.165) is 4.31 Å². The van der Waals surface area contributed by atoms with Crippen LogP contribution >= 0.6 is 11.6 Å². The number of nitrogens with two attached hydrogens (primary N) is 1. The second kappa shape index (κ2) is 12.0. The monoisotopic (exact) mass is 478 g/mol. The van der Waals surface area contributed by atoms with Gasteiger partial charge in [-0.2, -0.15) is 0 Å². The molecule has 9 heteroatoms. The van der Waals surface area contributed by atoms with Crippen molar-refractivity contribution in [3.8, 4) is 0 Å². The van der Waals surface area contributed by atoms with Crippen molar-refractivity contribution in [1.29, 1.82) is 0 Å². The van der Waals surface area contributed by atoms with E-state index < -0.39 is 30.6 Å². The third-order valence-electron chi connectivity index (χ3n) is 4.72. The van der Waals surface area contributed by atoms with Crippen LogP contribution in [-0.2, 0) is 19.9 Å². The van der Waals surface area contributed by atoms with Crippen LogP contribution in [0.3, 0.4) is 0 Å². The first-order chi connectivity index (χ1) is 13.6. The van der Waals surface area contributed by atoms with Gasteiger partial charge in [-0.15, -0.1) is 0 Å². The van der Waals surface area contributed by atoms with Crippen LogP contribution in [0.15, 0.2) is 58.3 Å². The summed E-state index contributed by atoms with van der Waals surface area (Å²) >= 11 is 5.08. The topological polar surface area (TPSA) is 97.5 Å². The van der Waals surface area contributed by atoms with Crippen molar-refractivity contribution in [2.24, 2.45) is 5.73 Å². The number of nitrogens with zero attached hydrogens (tertiary/aromatic N) is 1. The summed E-state index contributed by atoms with van der Waals surface area (Å²) in [6.45, 7) is 14.3. The van der Waals surface area contributed by atoms with Gasteiger partial charge in [0.1, 0.15) is 5.25 Å². The molecule has 0 radical (unpaired) electrons. The molecule has 0 aromatic heterocycles. The van der Waals surface area contributed by atoms with E-state index >= 15 is 0 Å². The lowest BCUT2D eigenvalue weighted by atomic mass is 9.96. The molecule has 0 bridgehead atoms. The van der Waals surface area contributed by atoms with Crippen LogP contribution in [0.2, 0.25) is 0 Å². The van der Waals surface area contributed by atoms with Crippen molar-refractivity contribution in [3.05, 3.63) is 53.4 Å². The van der Waals surface area contributed by atoms with Gasteiger partial charge in [0.05, 0.1) is 9.80 Å². The van der Waals surface area contributed by atoms with Crippen LogP contribution in [0.1, 0.15) is 47.0 Å². The molecule has 0 amide bonds. The molecule has 172 valence electrons. The Labute approximate surface area is 187 Å². The second-order valence-corrected chi connectivity index (χ2v) is 12.4. The number of sulfonamides is 1. The van der Waals surface area contributed by atoms with Crippen LogP contribution in [0, 0.1) is 0 Å². The molecular weight excluding hydrogens is 444 g/mol. The van der Waals surface area contributed by atoms with E-state index in [1.165, 1.54) is 19.2 Å². The fraction of sp³-hybridized carbons (Fsp3) is 0.524. The van der Waals surface area contributed by atoms with E-state index in [1.807, 2.05) is 13.8 Å². The maximum absolute atomic E-state index is 12.9. The van der Waals surface area contributed by atoms with Gasteiger partial charge in [0.2, 0.25) is 10.0 Å². The average molecular weight is 479 g/mol. The van der Waals surface area contributed by atoms with Gasteiger partial charge in [0.15, 0.2) is 9.84 Å². The first kappa shape index (κ1) is 28.8. The minimum Gasteiger partial charge on any atom is -0.325 e. The van der Waals surface area contributed by atoms with Gasteiger partial charge < -0.3 is 5.73 Å². The molecule has 0 aliphatic carbocycles. The summed E-state index contributed by atoms with van der Waals surface area (Å²) in [5, 5.41) is -0.562. The zero-order valence-corrected chi connectivity index (χ0v) is 20.9. The summed E-state index contributed by atoms with van der Waals surface area (Å²) in [5.41, 5.74) is 5.59. The summed E-state index contributed by atoms with van der Waals surface area (Å²) in [4.78, 5) is -0.215. The smallest absolute Gasteiger partial charge is 0.239 e. The maximum Gasteiger partial charge on any atom is 0.239 e. The third-order valence-corrected chi connectivity index (χ3v) is 9.12. The first-order valence-corrected chi connectivity index (χ1v) is 13.0. The Morgan fingerprint density at radius 2 is 1.63 bits per heavy atom. The Bertz CT molecular complexity index is 908. The molecule has 2 atom stereocenters. The molecule has 0 fully saturated rings. The first-order valence-electron chi connectivity index (χ1n) is 9.67. The molecule has 30 heavy (non-hydrogen) atoms. The van der Waals surface area contributed by atoms with E-state index in [0.29, 0.717) is 17.9 Å². The minimum absolute atomic E-state index is 0.0892. The zero-order valence-electron chi connectivity index (χ0n) is 18.6. The molecule has 1 rings (SSSR count). The normalized spacial score (nSPS) is 14.9. The molecule has 0 saturated carbocycles. The summed E-state index contributed by atoms with van der Waals surface area (Å²) in [6.07, 6.45) is 1.29. The summed E-state index contributed by atoms with van der Waals surface area (Å²) in [6, 6.07) is 7.84. The lowest BCUT2D eigenvalue weighted by Gasteiger charge is -2.28. The summed E-state index contributed by atoms with van der Waals surface area (Å²) in [7, 11) is -6.39.